The fourth-order valence-corrected chi connectivity index (χ4v) is 2.36. The van der Waals surface area contributed by atoms with Gasteiger partial charge in [-0.1, -0.05) is 0 Å². The normalized spacial score (nSPS) is 17.0. The Hall–Kier alpha value is -2.88. The van der Waals surface area contributed by atoms with Crippen LogP contribution in [0.1, 0.15) is 0 Å². The third-order valence-electron chi connectivity index (χ3n) is 3.32. The second-order valence-corrected chi connectivity index (χ2v) is 4.60. The molecule has 1 aromatic rings. The third kappa shape index (κ3) is 2.01. The average molecular weight is 290 g/mol. The third-order valence-corrected chi connectivity index (χ3v) is 3.32. The Balaban J connectivity index is 2.09. The van der Waals surface area contributed by atoms with Crippen LogP contribution in [0.4, 0.5) is 18.9 Å². The lowest BCUT2D eigenvalue weighted by atomic mass is 10.0. The lowest BCUT2D eigenvalue weighted by molar-refractivity contribution is 0.543. The Labute approximate surface area is 118 Å². The molecule has 0 fully saturated rings. The Morgan fingerprint density at radius 3 is 2.52 bits per heavy atom. The molecule has 1 aromatic carbocycles. The molecule has 0 amide bonds. The van der Waals surface area contributed by atoms with E-state index >= 15 is 0 Å². The van der Waals surface area contributed by atoms with Crippen LogP contribution in [0.5, 0.6) is 0 Å². The van der Waals surface area contributed by atoms with Gasteiger partial charge < -0.3 is 16.0 Å². The van der Waals surface area contributed by atoms with Crippen molar-refractivity contribution in [2.24, 2.45) is 5.73 Å². The maximum atomic E-state index is 13.8. The van der Waals surface area contributed by atoms with Crippen LogP contribution in [-0.4, -0.2) is 6.54 Å². The molecule has 3 N–H and O–H groups in total. The van der Waals surface area contributed by atoms with E-state index in [1.54, 1.807) is 0 Å². The van der Waals surface area contributed by atoms with Gasteiger partial charge in [-0.15, -0.1) is 0 Å². The number of nitrogens with zero attached hydrogens (tertiary/aromatic N) is 2. The van der Waals surface area contributed by atoms with Crippen LogP contribution in [0.15, 0.2) is 47.1 Å². The topological polar surface area (TPSA) is 65.1 Å². The Morgan fingerprint density at radius 1 is 1.24 bits per heavy atom. The molecule has 0 aromatic heterocycles. The molecule has 2 aliphatic heterocycles. The van der Waals surface area contributed by atoms with Crippen LogP contribution in [0.3, 0.4) is 0 Å². The molecule has 2 aliphatic rings. The summed E-state index contributed by atoms with van der Waals surface area (Å²) in [5.74, 6) is -2.71. The zero-order valence-corrected chi connectivity index (χ0v) is 10.6. The largest absolute Gasteiger partial charge is 0.385 e. The summed E-state index contributed by atoms with van der Waals surface area (Å²) in [6.07, 6.45) is 2.85. The van der Waals surface area contributed by atoms with E-state index < -0.39 is 17.5 Å². The lowest BCUT2D eigenvalue weighted by Crippen LogP contribution is -2.24. The van der Waals surface area contributed by atoms with E-state index in [1.165, 1.54) is 17.3 Å². The number of hydrogen-bond donors (Lipinski definition) is 2. The van der Waals surface area contributed by atoms with Crippen LogP contribution in [0.25, 0.3) is 0 Å². The maximum absolute atomic E-state index is 13.8. The van der Waals surface area contributed by atoms with Gasteiger partial charge in [0, 0.05) is 35.7 Å². The summed E-state index contributed by atoms with van der Waals surface area (Å²) in [6.45, 7) is 0.0899. The van der Waals surface area contributed by atoms with E-state index in [0.717, 1.165) is 0 Å². The van der Waals surface area contributed by atoms with Crippen molar-refractivity contribution in [3.8, 4) is 6.07 Å². The monoisotopic (exact) mass is 290 g/mol. The van der Waals surface area contributed by atoms with Crippen molar-refractivity contribution in [3.05, 3.63) is 64.5 Å². The van der Waals surface area contributed by atoms with Crippen LogP contribution in [0.2, 0.25) is 0 Å². The van der Waals surface area contributed by atoms with Crippen molar-refractivity contribution in [2.75, 3.05) is 11.4 Å². The number of nitriles is 1. The number of hydrogen-bond acceptors (Lipinski definition) is 4. The van der Waals surface area contributed by atoms with E-state index in [4.69, 9.17) is 11.0 Å². The minimum absolute atomic E-state index is 0.0899. The van der Waals surface area contributed by atoms with Gasteiger partial charge >= 0.3 is 0 Å². The summed E-state index contributed by atoms with van der Waals surface area (Å²) in [5, 5.41) is 11.8. The van der Waals surface area contributed by atoms with Gasteiger partial charge in [0.2, 0.25) is 0 Å². The van der Waals surface area contributed by atoms with Gasteiger partial charge in [0.15, 0.2) is 11.6 Å². The first-order chi connectivity index (χ1) is 10.0. The van der Waals surface area contributed by atoms with Crippen molar-refractivity contribution >= 4 is 5.69 Å². The smallest absolute Gasteiger partial charge is 0.152 e. The Bertz CT molecular complexity index is 748. The highest BCUT2D eigenvalue weighted by Crippen LogP contribution is 2.35. The molecule has 0 bridgehead atoms. The molecule has 0 radical (unpaired) electrons. The highest BCUT2D eigenvalue weighted by Gasteiger charge is 2.30. The van der Waals surface area contributed by atoms with Gasteiger partial charge in [-0.05, 0) is 0 Å². The van der Waals surface area contributed by atoms with Gasteiger partial charge in [0.1, 0.15) is 23.4 Å². The fourth-order valence-electron chi connectivity index (χ4n) is 2.36. The molecule has 2 heterocycles. The van der Waals surface area contributed by atoms with Crippen molar-refractivity contribution in [2.45, 2.75) is 0 Å². The Morgan fingerprint density at radius 2 is 1.90 bits per heavy atom. The summed E-state index contributed by atoms with van der Waals surface area (Å²) in [5.41, 5.74) is 6.77. The molecule has 0 atom stereocenters. The molecular formula is C14H9F3N4. The molecule has 0 spiro atoms. The summed E-state index contributed by atoms with van der Waals surface area (Å²) in [6, 6.07) is 3.19. The van der Waals surface area contributed by atoms with E-state index in [9.17, 15) is 13.2 Å². The quantitative estimate of drug-likeness (QED) is 0.830. The van der Waals surface area contributed by atoms with E-state index in [2.05, 4.69) is 5.32 Å². The molecule has 106 valence electrons. The van der Waals surface area contributed by atoms with Gasteiger partial charge in [0.25, 0.3) is 0 Å². The van der Waals surface area contributed by atoms with Gasteiger partial charge in [-0.2, -0.15) is 5.26 Å². The average Bonchev–Trinajstić information content (AvgIpc) is 2.83. The van der Waals surface area contributed by atoms with Crippen LogP contribution >= 0.6 is 0 Å². The van der Waals surface area contributed by atoms with Crippen molar-refractivity contribution in [1.29, 1.82) is 5.26 Å². The number of nitrogens with two attached hydrogens (primary N) is 1. The van der Waals surface area contributed by atoms with E-state index in [-0.39, 0.29) is 12.2 Å². The van der Waals surface area contributed by atoms with Crippen molar-refractivity contribution < 1.29 is 13.2 Å². The zero-order valence-electron chi connectivity index (χ0n) is 10.6. The van der Waals surface area contributed by atoms with Gasteiger partial charge in [0.05, 0.1) is 12.1 Å². The van der Waals surface area contributed by atoms with Gasteiger partial charge in [-0.3, -0.25) is 0 Å². The summed E-state index contributed by atoms with van der Waals surface area (Å²) >= 11 is 0. The number of anilines is 1. The summed E-state index contributed by atoms with van der Waals surface area (Å²) < 4.78 is 40.6. The highest BCUT2D eigenvalue weighted by molar-refractivity contribution is 5.68. The van der Waals surface area contributed by atoms with E-state index in [1.807, 2.05) is 6.07 Å². The molecule has 21 heavy (non-hydrogen) atoms. The van der Waals surface area contributed by atoms with Crippen molar-refractivity contribution in [3.63, 3.8) is 0 Å². The molecule has 3 rings (SSSR count). The summed E-state index contributed by atoms with van der Waals surface area (Å²) in [7, 11) is 0. The maximum Gasteiger partial charge on any atom is 0.152 e. The predicted octanol–water partition coefficient (Wildman–Crippen LogP) is 1.99. The predicted molar refractivity (Wildman–Crippen MR) is 69.8 cm³/mol. The first-order valence-electron chi connectivity index (χ1n) is 6.00. The number of dihydropyridines is 1. The molecule has 0 saturated carbocycles. The van der Waals surface area contributed by atoms with Crippen LogP contribution < -0.4 is 16.0 Å². The highest BCUT2D eigenvalue weighted by atomic mass is 19.1. The fraction of sp³-hybridized carbons (Fsp3) is 0.0714. The standard InChI is InChI=1S/C14H9F3N4/c15-8-1-11(16)13(12(17)2-8)21-5-9-7(3-18)4-20-14(19)10(9)6-21/h1-2,4-5,20H,6,19H2. The number of rotatable bonds is 1. The number of fused-ring (bicyclic) bond motifs is 1. The van der Waals surface area contributed by atoms with Crippen molar-refractivity contribution in [1.82, 2.24) is 5.32 Å². The minimum Gasteiger partial charge on any atom is -0.385 e. The van der Waals surface area contributed by atoms with Crippen LogP contribution in [0, 0.1) is 28.8 Å². The summed E-state index contributed by atoms with van der Waals surface area (Å²) in [4.78, 5) is 1.26. The number of halogens is 3. The number of allylic oxidation sites excluding steroid dienone is 1. The molecule has 0 unspecified atom stereocenters. The van der Waals surface area contributed by atoms with Gasteiger partial charge in [-0.25, -0.2) is 13.2 Å². The SMILES string of the molecule is N#CC1=CNC(N)=C2CN(c3c(F)cc(F)cc3F)C=C12. The Kier molecular flexibility index (Phi) is 2.87. The number of benzene rings is 1. The van der Waals surface area contributed by atoms with E-state index in [0.29, 0.717) is 34.7 Å². The molecule has 0 aliphatic carbocycles. The second kappa shape index (κ2) is 4.59. The first kappa shape index (κ1) is 13.1. The lowest BCUT2D eigenvalue weighted by Gasteiger charge is -2.18. The first-order valence-corrected chi connectivity index (χ1v) is 6.00. The molecule has 4 nitrogen and oxygen atoms in total. The zero-order chi connectivity index (χ0) is 15.1. The molecule has 0 saturated heterocycles. The minimum atomic E-state index is -1.02. The number of nitrogens with one attached hydrogen (secondary N) is 1. The van der Waals surface area contributed by atoms with Crippen LogP contribution in [-0.2, 0) is 0 Å². The molecular weight excluding hydrogens is 281 g/mol. The molecule has 7 heteroatoms. The second-order valence-electron chi connectivity index (χ2n) is 4.60.